The number of nitro groups is 1. The van der Waals surface area contributed by atoms with Crippen LogP contribution in [0, 0.1) is 10.1 Å². The third kappa shape index (κ3) is 5.54. The van der Waals surface area contributed by atoms with Crippen LogP contribution in [0.4, 0.5) is 5.69 Å². The van der Waals surface area contributed by atoms with Gasteiger partial charge in [-0.05, 0) is 31.0 Å². The summed E-state index contributed by atoms with van der Waals surface area (Å²) in [6.45, 7) is 3.64. The van der Waals surface area contributed by atoms with Crippen molar-refractivity contribution < 1.29 is 14.5 Å². The Bertz CT molecular complexity index is 1010. The molecule has 3 rings (SSSR count). The van der Waals surface area contributed by atoms with Crippen molar-refractivity contribution in [1.29, 1.82) is 0 Å². The number of hydrogen-bond acceptors (Lipinski definition) is 4. The van der Waals surface area contributed by atoms with Crippen LogP contribution in [0.3, 0.4) is 0 Å². The van der Waals surface area contributed by atoms with Gasteiger partial charge < -0.3 is 10.6 Å². The van der Waals surface area contributed by atoms with Gasteiger partial charge in [0, 0.05) is 23.3 Å². The van der Waals surface area contributed by atoms with Crippen molar-refractivity contribution in [3.05, 3.63) is 111 Å². The third-order valence-corrected chi connectivity index (χ3v) is 4.95. The Morgan fingerprint density at radius 2 is 1.13 bits per heavy atom. The number of nitrogens with one attached hydrogen (secondary N) is 2. The molecular weight excluding hydrogens is 394 g/mol. The van der Waals surface area contributed by atoms with E-state index in [2.05, 4.69) is 10.6 Å². The number of carbonyl (C=O) groups excluding carboxylic acids is 2. The van der Waals surface area contributed by atoms with E-state index in [0.29, 0.717) is 0 Å². The lowest BCUT2D eigenvalue weighted by Gasteiger charge is -2.16. The summed E-state index contributed by atoms with van der Waals surface area (Å²) in [5, 5.41) is 17.0. The van der Waals surface area contributed by atoms with Gasteiger partial charge in [0.2, 0.25) is 0 Å². The first-order valence-corrected chi connectivity index (χ1v) is 9.86. The van der Waals surface area contributed by atoms with Crippen LogP contribution in [0.1, 0.15) is 57.8 Å². The molecule has 2 atom stereocenters. The molecule has 2 N–H and O–H groups in total. The zero-order valence-corrected chi connectivity index (χ0v) is 17.2. The standard InChI is InChI=1S/C24H23N3O4/c1-16(18-9-5-3-6-10-18)25-23(28)20-13-21(15-22(14-20)27(30)31)24(29)26-17(2)19-11-7-4-8-12-19/h3-17H,1-2H3,(H,25,28)(H,26,29)/t16-,17+. The smallest absolute Gasteiger partial charge is 0.271 e. The number of carbonyl (C=O) groups is 2. The Labute approximate surface area is 180 Å². The fraction of sp³-hybridized carbons (Fsp3) is 0.167. The first-order valence-electron chi connectivity index (χ1n) is 9.86. The highest BCUT2D eigenvalue weighted by Crippen LogP contribution is 2.20. The fourth-order valence-corrected chi connectivity index (χ4v) is 3.19. The predicted molar refractivity (Wildman–Crippen MR) is 118 cm³/mol. The molecule has 0 heterocycles. The van der Waals surface area contributed by atoms with Crippen LogP contribution in [-0.4, -0.2) is 16.7 Å². The monoisotopic (exact) mass is 417 g/mol. The molecule has 3 aromatic rings. The lowest BCUT2D eigenvalue weighted by Crippen LogP contribution is -2.29. The maximum atomic E-state index is 12.8. The molecule has 0 fully saturated rings. The lowest BCUT2D eigenvalue weighted by atomic mass is 10.0. The second-order valence-electron chi connectivity index (χ2n) is 7.24. The summed E-state index contributed by atoms with van der Waals surface area (Å²) in [6, 6.07) is 21.8. The predicted octanol–water partition coefficient (Wildman–Crippen LogP) is 4.58. The lowest BCUT2D eigenvalue weighted by molar-refractivity contribution is -0.384. The van der Waals surface area contributed by atoms with Gasteiger partial charge in [-0.25, -0.2) is 0 Å². The SMILES string of the molecule is C[C@H](NC(=O)c1cc(C(=O)N[C@H](C)c2ccccc2)cc([N+](=O)[O-])c1)c1ccccc1. The highest BCUT2D eigenvalue weighted by molar-refractivity contribution is 6.01. The first-order chi connectivity index (χ1) is 14.8. The molecule has 0 saturated carbocycles. The normalized spacial score (nSPS) is 12.5. The average molecular weight is 417 g/mol. The van der Waals surface area contributed by atoms with Crippen molar-refractivity contribution in [3.8, 4) is 0 Å². The van der Waals surface area contributed by atoms with Crippen LogP contribution < -0.4 is 10.6 Å². The number of amides is 2. The van der Waals surface area contributed by atoms with E-state index in [9.17, 15) is 19.7 Å². The second kappa shape index (κ2) is 9.67. The van der Waals surface area contributed by atoms with E-state index >= 15 is 0 Å². The van der Waals surface area contributed by atoms with Crippen molar-refractivity contribution in [1.82, 2.24) is 10.6 Å². The number of non-ortho nitro benzene ring substituents is 1. The molecule has 0 aliphatic heterocycles. The van der Waals surface area contributed by atoms with E-state index in [1.165, 1.54) is 18.2 Å². The van der Waals surface area contributed by atoms with Crippen LogP contribution in [0.5, 0.6) is 0 Å². The molecule has 0 saturated heterocycles. The molecule has 7 nitrogen and oxygen atoms in total. The van der Waals surface area contributed by atoms with E-state index in [1.54, 1.807) is 0 Å². The van der Waals surface area contributed by atoms with Gasteiger partial charge in [0.25, 0.3) is 17.5 Å². The van der Waals surface area contributed by atoms with Crippen LogP contribution >= 0.6 is 0 Å². The molecule has 0 unspecified atom stereocenters. The van der Waals surface area contributed by atoms with Gasteiger partial charge in [-0.1, -0.05) is 60.7 Å². The van der Waals surface area contributed by atoms with Crippen LogP contribution in [0.15, 0.2) is 78.9 Å². The summed E-state index contributed by atoms with van der Waals surface area (Å²) < 4.78 is 0. The summed E-state index contributed by atoms with van der Waals surface area (Å²) >= 11 is 0. The minimum atomic E-state index is -0.616. The molecule has 0 radical (unpaired) electrons. The number of rotatable bonds is 7. The molecule has 0 aliphatic rings. The third-order valence-electron chi connectivity index (χ3n) is 4.95. The van der Waals surface area contributed by atoms with Gasteiger partial charge in [-0.15, -0.1) is 0 Å². The molecule has 0 aliphatic carbocycles. The summed E-state index contributed by atoms with van der Waals surface area (Å²) in [5.74, 6) is -0.990. The molecule has 0 spiro atoms. The maximum Gasteiger partial charge on any atom is 0.271 e. The summed E-state index contributed by atoms with van der Waals surface area (Å²) in [5.41, 5.74) is 1.58. The fourth-order valence-electron chi connectivity index (χ4n) is 3.19. The van der Waals surface area contributed by atoms with Gasteiger partial charge in [-0.2, -0.15) is 0 Å². The van der Waals surface area contributed by atoms with Gasteiger partial charge in [0.1, 0.15) is 0 Å². The minimum absolute atomic E-state index is 0.0505. The van der Waals surface area contributed by atoms with E-state index in [1.807, 2.05) is 74.5 Å². The zero-order valence-electron chi connectivity index (χ0n) is 17.2. The van der Waals surface area contributed by atoms with Gasteiger partial charge in [0.15, 0.2) is 0 Å². The molecule has 7 heteroatoms. The van der Waals surface area contributed by atoms with Crippen molar-refractivity contribution in [2.45, 2.75) is 25.9 Å². The Balaban J connectivity index is 1.82. The molecule has 3 aromatic carbocycles. The molecular formula is C24H23N3O4. The van der Waals surface area contributed by atoms with Gasteiger partial charge >= 0.3 is 0 Å². The summed E-state index contributed by atoms with van der Waals surface area (Å²) in [6.07, 6.45) is 0. The highest BCUT2D eigenvalue weighted by atomic mass is 16.6. The average Bonchev–Trinajstić information content (AvgIpc) is 2.79. The minimum Gasteiger partial charge on any atom is -0.346 e. The molecule has 0 bridgehead atoms. The number of nitrogens with zero attached hydrogens (tertiary/aromatic N) is 1. The molecule has 31 heavy (non-hydrogen) atoms. The Morgan fingerprint density at radius 1 is 0.742 bits per heavy atom. The quantitative estimate of drug-likeness (QED) is 0.434. The van der Waals surface area contributed by atoms with E-state index in [4.69, 9.17) is 0 Å². The van der Waals surface area contributed by atoms with Crippen LogP contribution in [-0.2, 0) is 0 Å². The number of nitro benzene ring substituents is 1. The van der Waals surface area contributed by atoms with Crippen LogP contribution in [0.25, 0.3) is 0 Å². The van der Waals surface area contributed by atoms with Crippen molar-refractivity contribution in [2.24, 2.45) is 0 Å². The van der Waals surface area contributed by atoms with Crippen LogP contribution in [0.2, 0.25) is 0 Å². The first kappa shape index (κ1) is 21.7. The summed E-state index contributed by atoms with van der Waals surface area (Å²) in [7, 11) is 0. The van der Waals surface area contributed by atoms with Crippen molar-refractivity contribution in [3.63, 3.8) is 0 Å². The van der Waals surface area contributed by atoms with E-state index in [-0.39, 0.29) is 28.9 Å². The Hall–Kier alpha value is -4.00. The zero-order chi connectivity index (χ0) is 22.4. The van der Waals surface area contributed by atoms with Crippen molar-refractivity contribution >= 4 is 17.5 Å². The van der Waals surface area contributed by atoms with Crippen molar-refractivity contribution in [2.75, 3.05) is 0 Å². The molecule has 0 aromatic heterocycles. The second-order valence-corrected chi connectivity index (χ2v) is 7.24. The van der Waals surface area contributed by atoms with Gasteiger partial charge in [0.05, 0.1) is 17.0 Å². The maximum absolute atomic E-state index is 12.8. The number of hydrogen-bond donors (Lipinski definition) is 2. The Kier molecular flexibility index (Phi) is 6.77. The molecule has 158 valence electrons. The largest absolute Gasteiger partial charge is 0.346 e. The topological polar surface area (TPSA) is 101 Å². The van der Waals surface area contributed by atoms with Gasteiger partial charge in [-0.3, -0.25) is 19.7 Å². The van der Waals surface area contributed by atoms with E-state index < -0.39 is 16.7 Å². The number of benzene rings is 3. The Morgan fingerprint density at radius 3 is 1.48 bits per heavy atom. The summed E-state index contributed by atoms with van der Waals surface area (Å²) in [4.78, 5) is 36.3. The van der Waals surface area contributed by atoms with E-state index in [0.717, 1.165) is 11.1 Å². The molecule has 2 amide bonds. The highest BCUT2D eigenvalue weighted by Gasteiger charge is 2.20.